The molecule has 19 heavy (non-hydrogen) atoms. The van der Waals surface area contributed by atoms with Crippen molar-refractivity contribution in [1.29, 1.82) is 0 Å². The second-order valence-corrected chi connectivity index (χ2v) is 5.36. The van der Waals surface area contributed by atoms with Gasteiger partial charge in [0.15, 0.2) is 0 Å². The lowest BCUT2D eigenvalue weighted by Crippen LogP contribution is -2.37. The molecule has 1 N–H and O–H groups in total. The van der Waals surface area contributed by atoms with Crippen LogP contribution in [0.1, 0.15) is 38.4 Å². The molecule has 0 bridgehead atoms. The zero-order chi connectivity index (χ0) is 13.7. The number of aromatic nitrogens is 1. The van der Waals surface area contributed by atoms with E-state index in [0.717, 1.165) is 37.8 Å². The summed E-state index contributed by atoms with van der Waals surface area (Å²) in [6, 6.07) is 3.54. The van der Waals surface area contributed by atoms with E-state index in [0.29, 0.717) is 0 Å². The first-order valence-electron chi connectivity index (χ1n) is 7.27. The van der Waals surface area contributed by atoms with Crippen molar-refractivity contribution >= 4 is 0 Å². The van der Waals surface area contributed by atoms with E-state index < -0.39 is 0 Å². The Kier molecular flexibility index (Phi) is 5.28. The van der Waals surface area contributed by atoms with E-state index in [4.69, 9.17) is 0 Å². The number of hydrogen-bond donors (Lipinski definition) is 1. The fraction of sp³-hybridized carbons (Fsp3) is 0.667. The van der Waals surface area contributed by atoms with Crippen LogP contribution in [-0.4, -0.2) is 36.1 Å². The monoisotopic (exact) mass is 265 g/mol. The van der Waals surface area contributed by atoms with Crippen LogP contribution in [0.2, 0.25) is 0 Å². The molecule has 2 rings (SSSR count). The highest BCUT2D eigenvalue weighted by Crippen LogP contribution is 2.22. The van der Waals surface area contributed by atoms with Gasteiger partial charge in [-0.05, 0) is 57.5 Å². The highest BCUT2D eigenvalue weighted by atomic mass is 19.1. The molecule has 0 aromatic carbocycles. The minimum Gasteiger partial charge on any atom is -0.317 e. The highest BCUT2D eigenvalue weighted by Gasteiger charge is 2.21. The lowest BCUT2D eigenvalue weighted by Gasteiger charge is -2.33. The predicted octanol–water partition coefficient (Wildman–Crippen LogP) is 2.60. The number of hydrogen-bond acceptors (Lipinski definition) is 3. The van der Waals surface area contributed by atoms with Crippen LogP contribution in [0.3, 0.4) is 0 Å². The van der Waals surface area contributed by atoms with E-state index in [9.17, 15) is 4.39 Å². The topological polar surface area (TPSA) is 28.2 Å². The summed E-state index contributed by atoms with van der Waals surface area (Å²) in [4.78, 5) is 6.65. The number of rotatable bonds is 5. The minimum atomic E-state index is -0.266. The predicted molar refractivity (Wildman–Crippen MR) is 75.5 cm³/mol. The molecule has 1 aliphatic heterocycles. The maximum absolute atomic E-state index is 12.9. The largest absolute Gasteiger partial charge is 0.317 e. The van der Waals surface area contributed by atoms with Crippen molar-refractivity contribution in [2.24, 2.45) is 5.92 Å². The maximum Gasteiger partial charge on any atom is 0.141 e. The van der Waals surface area contributed by atoms with Crippen LogP contribution in [-0.2, 0) is 0 Å². The molecule has 1 saturated heterocycles. The minimum absolute atomic E-state index is 0.250. The Labute approximate surface area is 115 Å². The Hall–Kier alpha value is -1.00. The van der Waals surface area contributed by atoms with Crippen molar-refractivity contribution in [2.75, 3.05) is 26.2 Å². The third-order valence-corrected chi connectivity index (χ3v) is 4.08. The standard InChI is InChI=1S/C15H24FN3/c1-3-19(11-13-6-8-17-9-7-13)12(2)15-5-4-14(16)10-18-15/h4-5,10,12-13,17H,3,6-9,11H2,1-2H3. The smallest absolute Gasteiger partial charge is 0.141 e. The van der Waals surface area contributed by atoms with Crippen molar-refractivity contribution in [3.05, 3.63) is 29.8 Å². The molecule has 1 fully saturated rings. The fourth-order valence-corrected chi connectivity index (χ4v) is 2.78. The Morgan fingerprint density at radius 2 is 2.16 bits per heavy atom. The molecule has 4 heteroatoms. The van der Waals surface area contributed by atoms with Crippen LogP contribution in [0.25, 0.3) is 0 Å². The van der Waals surface area contributed by atoms with Crippen molar-refractivity contribution in [3.8, 4) is 0 Å². The number of piperidine rings is 1. The maximum atomic E-state index is 12.9. The molecule has 1 aromatic heterocycles. The van der Waals surface area contributed by atoms with Crippen LogP contribution in [0.4, 0.5) is 4.39 Å². The van der Waals surface area contributed by atoms with Gasteiger partial charge in [-0.25, -0.2) is 4.39 Å². The van der Waals surface area contributed by atoms with Crippen LogP contribution in [0, 0.1) is 11.7 Å². The Balaban J connectivity index is 1.97. The normalized spacial score (nSPS) is 18.7. The van der Waals surface area contributed by atoms with Crippen molar-refractivity contribution in [3.63, 3.8) is 0 Å². The summed E-state index contributed by atoms with van der Waals surface area (Å²) in [6.45, 7) is 8.71. The second kappa shape index (κ2) is 6.96. The number of nitrogens with zero attached hydrogens (tertiary/aromatic N) is 2. The molecule has 0 aliphatic carbocycles. The average Bonchev–Trinajstić information content (AvgIpc) is 2.46. The van der Waals surface area contributed by atoms with Gasteiger partial charge in [0, 0.05) is 12.6 Å². The van der Waals surface area contributed by atoms with Gasteiger partial charge in [-0.2, -0.15) is 0 Å². The van der Waals surface area contributed by atoms with Gasteiger partial charge in [0.25, 0.3) is 0 Å². The van der Waals surface area contributed by atoms with Gasteiger partial charge in [0.1, 0.15) is 5.82 Å². The first-order valence-corrected chi connectivity index (χ1v) is 7.27. The van der Waals surface area contributed by atoms with Crippen LogP contribution >= 0.6 is 0 Å². The molecule has 0 radical (unpaired) electrons. The van der Waals surface area contributed by atoms with Crippen molar-refractivity contribution in [2.45, 2.75) is 32.7 Å². The summed E-state index contributed by atoms with van der Waals surface area (Å²) in [5.41, 5.74) is 0.956. The zero-order valence-corrected chi connectivity index (χ0v) is 11.9. The molecule has 0 amide bonds. The van der Waals surface area contributed by atoms with Gasteiger partial charge in [0.2, 0.25) is 0 Å². The van der Waals surface area contributed by atoms with Crippen LogP contribution in [0.5, 0.6) is 0 Å². The average molecular weight is 265 g/mol. The SMILES string of the molecule is CCN(CC1CCNCC1)C(C)c1ccc(F)cn1. The van der Waals surface area contributed by atoms with Gasteiger partial charge in [-0.1, -0.05) is 6.92 Å². The van der Waals surface area contributed by atoms with E-state index in [-0.39, 0.29) is 11.9 Å². The van der Waals surface area contributed by atoms with E-state index >= 15 is 0 Å². The molecule has 3 nitrogen and oxygen atoms in total. The van der Waals surface area contributed by atoms with Crippen LogP contribution in [0.15, 0.2) is 18.3 Å². The van der Waals surface area contributed by atoms with Gasteiger partial charge < -0.3 is 5.32 Å². The van der Waals surface area contributed by atoms with E-state index in [1.54, 1.807) is 6.07 Å². The molecular weight excluding hydrogens is 241 g/mol. The number of pyridine rings is 1. The summed E-state index contributed by atoms with van der Waals surface area (Å²) in [5, 5.41) is 3.40. The molecule has 1 atom stereocenters. The summed E-state index contributed by atoms with van der Waals surface area (Å²) in [7, 11) is 0. The fourth-order valence-electron chi connectivity index (χ4n) is 2.78. The zero-order valence-electron chi connectivity index (χ0n) is 11.9. The molecule has 1 aliphatic rings. The Bertz CT molecular complexity index is 373. The molecule has 1 unspecified atom stereocenters. The lowest BCUT2D eigenvalue weighted by molar-refractivity contribution is 0.166. The third-order valence-electron chi connectivity index (χ3n) is 4.08. The lowest BCUT2D eigenvalue weighted by atomic mass is 9.96. The molecule has 2 heterocycles. The Morgan fingerprint density at radius 1 is 1.42 bits per heavy atom. The van der Waals surface area contributed by atoms with E-state index in [2.05, 4.69) is 29.0 Å². The molecule has 0 spiro atoms. The second-order valence-electron chi connectivity index (χ2n) is 5.36. The van der Waals surface area contributed by atoms with Gasteiger partial charge in [0.05, 0.1) is 11.9 Å². The van der Waals surface area contributed by atoms with Crippen LogP contribution < -0.4 is 5.32 Å². The molecular formula is C15H24FN3. The van der Waals surface area contributed by atoms with Gasteiger partial charge in [-0.3, -0.25) is 9.88 Å². The highest BCUT2D eigenvalue weighted by molar-refractivity contribution is 5.09. The van der Waals surface area contributed by atoms with Gasteiger partial charge in [-0.15, -0.1) is 0 Å². The third kappa shape index (κ3) is 3.98. The quantitative estimate of drug-likeness (QED) is 0.887. The molecule has 0 saturated carbocycles. The molecule has 106 valence electrons. The number of nitrogens with one attached hydrogen (secondary N) is 1. The van der Waals surface area contributed by atoms with E-state index in [1.165, 1.54) is 25.1 Å². The summed E-state index contributed by atoms with van der Waals surface area (Å²) in [5.74, 6) is 0.501. The summed E-state index contributed by atoms with van der Waals surface area (Å²) in [6.07, 6.45) is 3.81. The Morgan fingerprint density at radius 3 is 2.74 bits per heavy atom. The first kappa shape index (κ1) is 14.4. The summed E-state index contributed by atoms with van der Waals surface area (Å²) < 4.78 is 12.9. The summed E-state index contributed by atoms with van der Waals surface area (Å²) >= 11 is 0. The van der Waals surface area contributed by atoms with Crippen molar-refractivity contribution in [1.82, 2.24) is 15.2 Å². The first-order chi connectivity index (χ1) is 9.20. The van der Waals surface area contributed by atoms with E-state index in [1.807, 2.05) is 0 Å². The van der Waals surface area contributed by atoms with Gasteiger partial charge >= 0.3 is 0 Å². The number of halogens is 1. The molecule has 1 aromatic rings. The van der Waals surface area contributed by atoms with Crippen molar-refractivity contribution < 1.29 is 4.39 Å².